The van der Waals surface area contributed by atoms with E-state index in [0.717, 1.165) is 6.07 Å². The molecule has 1 N–H and O–H groups in total. The lowest BCUT2D eigenvalue weighted by Crippen LogP contribution is -2.15. The maximum atomic E-state index is 13.8. The zero-order valence-corrected chi connectivity index (χ0v) is 11.7. The molecule has 0 radical (unpaired) electrons. The Morgan fingerprint density at radius 1 is 1.37 bits per heavy atom. The van der Waals surface area contributed by atoms with Crippen molar-refractivity contribution in [1.29, 1.82) is 0 Å². The van der Waals surface area contributed by atoms with Crippen molar-refractivity contribution in [2.45, 2.75) is 11.8 Å². The van der Waals surface area contributed by atoms with Crippen molar-refractivity contribution in [2.75, 3.05) is 17.3 Å². The summed E-state index contributed by atoms with van der Waals surface area (Å²) < 4.78 is 50.6. The second-order valence-electron chi connectivity index (χ2n) is 3.56. The standard InChI is InChI=1S/C11H12F2O4S2/c1-2-18-5-6-19(16,17)8-4-3-7(12)9(10(8)13)11(14)15/h3-4H,2,5-6H2,1H3,(H,14,15). The van der Waals surface area contributed by atoms with Gasteiger partial charge in [0.25, 0.3) is 0 Å². The normalized spacial score (nSPS) is 11.5. The van der Waals surface area contributed by atoms with Gasteiger partial charge in [0.15, 0.2) is 15.7 Å². The largest absolute Gasteiger partial charge is 0.477 e. The molecule has 0 atom stereocenters. The summed E-state index contributed by atoms with van der Waals surface area (Å²) in [6, 6.07) is 1.40. The molecular formula is C11H12F2O4S2. The van der Waals surface area contributed by atoms with Gasteiger partial charge in [0.05, 0.1) is 5.75 Å². The van der Waals surface area contributed by atoms with Gasteiger partial charge in [0, 0.05) is 5.75 Å². The summed E-state index contributed by atoms with van der Waals surface area (Å²) in [5.74, 6) is -4.04. The number of rotatable bonds is 6. The summed E-state index contributed by atoms with van der Waals surface area (Å²) in [5.41, 5.74) is -1.25. The lowest BCUT2D eigenvalue weighted by Gasteiger charge is -2.08. The van der Waals surface area contributed by atoms with Gasteiger partial charge in [0.2, 0.25) is 0 Å². The number of hydrogen-bond acceptors (Lipinski definition) is 4. The summed E-state index contributed by atoms with van der Waals surface area (Å²) in [4.78, 5) is 9.93. The molecule has 1 aromatic carbocycles. The summed E-state index contributed by atoms with van der Waals surface area (Å²) in [6.45, 7) is 1.85. The Kier molecular flexibility index (Phi) is 5.30. The average molecular weight is 310 g/mol. The lowest BCUT2D eigenvalue weighted by molar-refractivity contribution is 0.0685. The minimum Gasteiger partial charge on any atom is -0.477 e. The van der Waals surface area contributed by atoms with Crippen LogP contribution in [0.1, 0.15) is 17.3 Å². The molecule has 106 valence electrons. The molecule has 0 bridgehead atoms. The fourth-order valence-electron chi connectivity index (χ4n) is 1.39. The van der Waals surface area contributed by atoms with E-state index in [9.17, 15) is 22.0 Å². The van der Waals surface area contributed by atoms with Crippen molar-refractivity contribution in [3.8, 4) is 0 Å². The van der Waals surface area contributed by atoms with Crippen LogP contribution in [0, 0.1) is 11.6 Å². The van der Waals surface area contributed by atoms with Crippen LogP contribution in [0.4, 0.5) is 8.78 Å². The van der Waals surface area contributed by atoms with E-state index in [0.29, 0.717) is 11.8 Å². The van der Waals surface area contributed by atoms with E-state index in [1.807, 2.05) is 6.92 Å². The van der Waals surface area contributed by atoms with E-state index in [2.05, 4.69) is 0 Å². The number of halogens is 2. The predicted molar refractivity (Wildman–Crippen MR) is 68.4 cm³/mol. The van der Waals surface area contributed by atoms with Gasteiger partial charge in [-0.1, -0.05) is 6.92 Å². The van der Waals surface area contributed by atoms with Crippen LogP contribution in [0.25, 0.3) is 0 Å². The van der Waals surface area contributed by atoms with Crippen molar-refractivity contribution in [1.82, 2.24) is 0 Å². The topological polar surface area (TPSA) is 71.4 Å². The van der Waals surface area contributed by atoms with Gasteiger partial charge in [-0.25, -0.2) is 22.0 Å². The van der Waals surface area contributed by atoms with Crippen molar-refractivity contribution in [3.05, 3.63) is 29.3 Å². The van der Waals surface area contributed by atoms with Crippen molar-refractivity contribution in [2.24, 2.45) is 0 Å². The fourth-order valence-corrected chi connectivity index (χ4v) is 3.90. The number of carboxylic acids is 1. The Hall–Kier alpha value is -1.15. The monoisotopic (exact) mass is 310 g/mol. The maximum absolute atomic E-state index is 13.8. The van der Waals surface area contributed by atoms with Gasteiger partial charge in [0.1, 0.15) is 16.3 Å². The van der Waals surface area contributed by atoms with Crippen LogP contribution >= 0.6 is 11.8 Å². The van der Waals surface area contributed by atoms with Crippen molar-refractivity contribution >= 4 is 27.6 Å². The molecule has 0 amide bonds. The van der Waals surface area contributed by atoms with Gasteiger partial charge < -0.3 is 5.11 Å². The Labute approximate surface area is 113 Å². The van der Waals surface area contributed by atoms with E-state index in [4.69, 9.17) is 5.11 Å². The van der Waals surface area contributed by atoms with Crippen LogP contribution in [0.15, 0.2) is 17.0 Å². The molecule has 0 unspecified atom stereocenters. The first kappa shape index (κ1) is 15.9. The molecule has 0 aliphatic carbocycles. The smallest absolute Gasteiger partial charge is 0.341 e. The molecule has 1 rings (SSSR count). The number of sulfone groups is 1. The molecule has 0 aliphatic heterocycles. The number of aromatic carboxylic acids is 1. The molecule has 1 aromatic rings. The highest BCUT2D eigenvalue weighted by molar-refractivity contribution is 8.00. The number of benzene rings is 1. The number of hydrogen-bond donors (Lipinski definition) is 1. The van der Waals surface area contributed by atoms with Gasteiger partial charge >= 0.3 is 5.97 Å². The van der Waals surface area contributed by atoms with Crippen LogP contribution in [0.3, 0.4) is 0 Å². The number of carboxylic acid groups (broad SMARTS) is 1. The first-order chi connectivity index (χ1) is 8.81. The first-order valence-electron chi connectivity index (χ1n) is 5.33. The minimum absolute atomic E-state index is 0.262. The Balaban J connectivity index is 3.21. The highest BCUT2D eigenvalue weighted by Gasteiger charge is 2.26. The molecule has 0 heterocycles. The number of thioether (sulfide) groups is 1. The minimum atomic E-state index is -3.96. The third-order valence-electron chi connectivity index (χ3n) is 2.31. The second-order valence-corrected chi connectivity index (χ2v) is 7.03. The molecule has 0 aliphatic rings. The molecular weight excluding hydrogens is 298 g/mol. The van der Waals surface area contributed by atoms with E-state index in [1.165, 1.54) is 11.8 Å². The van der Waals surface area contributed by atoms with E-state index in [-0.39, 0.29) is 11.5 Å². The van der Waals surface area contributed by atoms with Crippen LogP contribution in [-0.2, 0) is 9.84 Å². The second kappa shape index (κ2) is 6.33. The summed E-state index contributed by atoms with van der Waals surface area (Å²) in [6.07, 6.45) is 0. The Bertz CT molecular complexity index is 585. The number of carbonyl (C=O) groups is 1. The Morgan fingerprint density at radius 2 is 2.00 bits per heavy atom. The molecule has 0 saturated heterocycles. The zero-order chi connectivity index (χ0) is 14.6. The van der Waals surface area contributed by atoms with E-state index < -0.39 is 37.9 Å². The lowest BCUT2D eigenvalue weighted by atomic mass is 10.2. The van der Waals surface area contributed by atoms with Crippen LogP contribution < -0.4 is 0 Å². The highest BCUT2D eigenvalue weighted by Crippen LogP contribution is 2.22. The molecule has 0 aromatic heterocycles. The van der Waals surface area contributed by atoms with Crippen LogP contribution in [0.5, 0.6) is 0 Å². The molecule has 0 saturated carbocycles. The van der Waals surface area contributed by atoms with E-state index >= 15 is 0 Å². The summed E-state index contributed by atoms with van der Waals surface area (Å²) >= 11 is 1.36. The third-order valence-corrected chi connectivity index (χ3v) is 5.19. The zero-order valence-electron chi connectivity index (χ0n) is 10.0. The molecule has 0 spiro atoms. The fraction of sp³-hybridized carbons (Fsp3) is 0.364. The van der Waals surface area contributed by atoms with Crippen LogP contribution in [-0.4, -0.2) is 36.8 Å². The van der Waals surface area contributed by atoms with Crippen molar-refractivity contribution in [3.63, 3.8) is 0 Å². The summed E-state index contributed by atoms with van der Waals surface area (Å²) in [5, 5.41) is 8.67. The Morgan fingerprint density at radius 3 is 2.53 bits per heavy atom. The molecule has 19 heavy (non-hydrogen) atoms. The molecule has 0 fully saturated rings. The SMILES string of the molecule is CCSCCS(=O)(=O)c1ccc(F)c(C(=O)O)c1F. The van der Waals surface area contributed by atoms with Gasteiger partial charge in [-0.3, -0.25) is 0 Å². The molecule has 8 heteroatoms. The van der Waals surface area contributed by atoms with Gasteiger partial charge in [-0.2, -0.15) is 11.8 Å². The molecule has 4 nitrogen and oxygen atoms in total. The quantitative estimate of drug-likeness (QED) is 0.644. The van der Waals surface area contributed by atoms with E-state index in [1.54, 1.807) is 0 Å². The van der Waals surface area contributed by atoms with Gasteiger partial charge in [-0.15, -0.1) is 0 Å². The third kappa shape index (κ3) is 3.66. The average Bonchev–Trinajstić information content (AvgIpc) is 2.28. The van der Waals surface area contributed by atoms with Crippen molar-refractivity contribution < 1.29 is 27.1 Å². The first-order valence-corrected chi connectivity index (χ1v) is 8.13. The highest BCUT2D eigenvalue weighted by atomic mass is 32.2. The van der Waals surface area contributed by atoms with Crippen LogP contribution in [0.2, 0.25) is 0 Å². The maximum Gasteiger partial charge on any atom is 0.341 e. The predicted octanol–water partition coefficient (Wildman–Crippen LogP) is 2.19. The summed E-state index contributed by atoms with van der Waals surface area (Å²) in [7, 11) is -3.96. The van der Waals surface area contributed by atoms with Gasteiger partial charge in [-0.05, 0) is 17.9 Å².